The molecule has 0 saturated heterocycles. The van der Waals surface area contributed by atoms with Gasteiger partial charge in [0.1, 0.15) is 0 Å². The number of nitrogens with one attached hydrogen (secondary N) is 3. The maximum atomic E-state index is 11.9. The van der Waals surface area contributed by atoms with Gasteiger partial charge in [0.2, 0.25) is 5.91 Å². The van der Waals surface area contributed by atoms with E-state index < -0.39 is 17.7 Å². The fourth-order valence-electron chi connectivity index (χ4n) is 1.91. The molecule has 1 aliphatic carbocycles. The average Bonchev–Trinajstić information content (AvgIpc) is 3.37. The van der Waals surface area contributed by atoms with Crippen molar-refractivity contribution in [2.24, 2.45) is 0 Å². The molecule has 2 rings (SSSR count). The van der Waals surface area contributed by atoms with E-state index in [0.29, 0.717) is 21.5 Å². The van der Waals surface area contributed by atoms with Gasteiger partial charge in [0.15, 0.2) is 11.5 Å². The Morgan fingerprint density at radius 3 is 2.29 bits per heavy atom. The topological polar surface area (TPSA) is 106 Å². The van der Waals surface area contributed by atoms with Crippen LogP contribution < -0.4 is 25.6 Å². The fraction of sp³-hybridized carbons (Fsp3) is 0.400. The van der Waals surface area contributed by atoms with Gasteiger partial charge < -0.3 is 14.8 Å². The van der Waals surface area contributed by atoms with Gasteiger partial charge in [-0.25, -0.2) is 0 Å². The van der Waals surface area contributed by atoms with Crippen molar-refractivity contribution in [1.29, 1.82) is 0 Å². The Morgan fingerprint density at radius 1 is 1.08 bits per heavy atom. The number of ether oxygens (including phenoxy) is 2. The minimum absolute atomic E-state index is 0.0224. The third kappa shape index (κ3) is 4.85. The molecule has 24 heavy (non-hydrogen) atoms. The number of hydrogen-bond donors (Lipinski definition) is 3. The van der Waals surface area contributed by atoms with Gasteiger partial charge in [-0.2, -0.15) is 0 Å². The summed E-state index contributed by atoms with van der Waals surface area (Å²) in [4.78, 5) is 34.9. The van der Waals surface area contributed by atoms with E-state index >= 15 is 0 Å². The average molecular weight is 400 g/mol. The first-order valence-electron chi connectivity index (χ1n) is 7.24. The van der Waals surface area contributed by atoms with E-state index in [4.69, 9.17) is 9.47 Å². The number of hydrazine groups is 1. The van der Waals surface area contributed by atoms with Crippen molar-refractivity contribution in [2.75, 3.05) is 14.2 Å². The lowest BCUT2D eigenvalue weighted by molar-refractivity contribution is -0.140. The normalized spacial score (nSPS) is 13.0. The van der Waals surface area contributed by atoms with Crippen LogP contribution in [0.25, 0.3) is 0 Å². The Bertz CT molecular complexity index is 661. The number of benzene rings is 1. The molecule has 1 aliphatic rings. The van der Waals surface area contributed by atoms with Gasteiger partial charge in [0.25, 0.3) is 0 Å². The molecule has 9 heteroatoms. The van der Waals surface area contributed by atoms with E-state index in [0.717, 1.165) is 12.8 Å². The van der Waals surface area contributed by atoms with Crippen LogP contribution >= 0.6 is 15.9 Å². The van der Waals surface area contributed by atoms with E-state index in [9.17, 15) is 14.4 Å². The molecule has 130 valence electrons. The highest BCUT2D eigenvalue weighted by Crippen LogP contribution is 2.33. The second-order valence-corrected chi connectivity index (χ2v) is 6.08. The molecule has 3 amide bonds. The molecule has 0 aromatic heterocycles. The van der Waals surface area contributed by atoms with Crippen molar-refractivity contribution >= 4 is 33.7 Å². The molecule has 1 saturated carbocycles. The van der Waals surface area contributed by atoms with Crippen molar-refractivity contribution in [3.63, 3.8) is 0 Å². The van der Waals surface area contributed by atoms with Crippen LogP contribution in [0, 0.1) is 0 Å². The van der Waals surface area contributed by atoms with Crippen LogP contribution in [0.4, 0.5) is 0 Å². The highest BCUT2D eigenvalue weighted by Gasteiger charge is 2.26. The predicted octanol–water partition coefficient (Wildman–Crippen LogP) is 0.435. The summed E-state index contributed by atoms with van der Waals surface area (Å²) < 4.78 is 11.0. The number of carbonyl (C=O) groups excluding carboxylic acids is 3. The maximum Gasteiger partial charge on any atom is 0.327 e. The smallest absolute Gasteiger partial charge is 0.327 e. The molecule has 0 heterocycles. The minimum atomic E-state index is -0.901. The zero-order valence-corrected chi connectivity index (χ0v) is 14.9. The molecular weight excluding hydrogens is 382 g/mol. The van der Waals surface area contributed by atoms with Gasteiger partial charge in [-0.3, -0.25) is 25.2 Å². The van der Waals surface area contributed by atoms with E-state index in [1.165, 1.54) is 14.2 Å². The molecule has 0 unspecified atom stereocenters. The number of hydrogen-bond acceptors (Lipinski definition) is 5. The highest BCUT2D eigenvalue weighted by atomic mass is 79.9. The van der Waals surface area contributed by atoms with E-state index in [2.05, 4.69) is 32.1 Å². The molecule has 8 nitrogen and oxygen atoms in total. The van der Waals surface area contributed by atoms with Crippen LogP contribution in [0.5, 0.6) is 11.5 Å². The molecule has 1 fully saturated rings. The van der Waals surface area contributed by atoms with Crippen LogP contribution in [0.3, 0.4) is 0 Å². The second kappa shape index (κ2) is 8.00. The zero-order chi connectivity index (χ0) is 17.7. The summed E-state index contributed by atoms with van der Waals surface area (Å²) in [5.41, 5.74) is 4.93. The molecule has 0 bridgehead atoms. The van der Waals surface area contributed by atoms with Gasteiger partial charge >= 0.3 is 11.8 Å². The summed E-state index contributed by atoms with van der Waals surface area (Å²) in [7, 11) is 3.01. The Morgan fingerprint density at radius 2 is 1.71 bits per heavy atom. The maximum absolute atomic E-state index is 11.9. The van der Waals surface area contributed by atoms with Crippen LogP contribution in [-0.4, -0.2) is 38.0 Å². The first-order chi connectivity index (χ1) is 11.4. The van der Waals surface area contributed by atoms with Crippen molar-refractivity contribution in [2.45, 2.75) is 25.3 Å². The summed E-state index contributed by atoms with van der Waals surface area (Å²) in [5, 5.41) is 2.52. The summed E-state index contributed by atoms with van der Waals surface area (Å²) in [6.45, 7) is 0. The van der Waals surface area contributed by atoms with Crippen LogP contribution in [0.15, 0.2) is 16.6 Å². The van der Waals surface area contributed by atoms with Gasteiger partial charge in [0.05, 0.1) is 20.6 Å². The fourth-order valence-corrected chi connectivity index (χ4v) is 2.37. The molecule has 0 radical (unpaired) electrons. The van der Waals surface area contributed by atoms with E-state index in [-0.39, 0.29) is 12.5 Å². The first-order valence-corrected chi connectivity index (χ1v) is 8.04. The molecule has 3 N–H and O–H groups in total. The molecule has 0 spiro atoms. The number of amides is 3. The van der Waals surface area contributed by atoms with Crippen molar-refractivity contribution < 1.29 is 23.9 Å². The lowest BCUT2D eigenvalue weighted by Crippen LogP contribution is -2.49. The van der Waals surface area contributed by atoms with Crippen molar-refractivity contribution in [1.82, 2.24) is 16.2 Å². The van der Waals surface area contributed by atoms with Gasteiger partial charge in [-0.05, 0) is 30.5 Å². The third-order valence-corrected chi connectivity index (χ3v) is 4.08. The number of rotatable bonds is 5. The van der Waals surface area contributed by atoms with Crippen molar-refractivity contribution in [3.8, 4) is 11.5 Å². The minimum Gasteiger partial charge on any atom is -0.493 e. The summed E-state index contributed by atoms with van der Waals surface area (Å²) in [6.07, 6.45) is 1.73. The Balaban J connectivity index is 1.89. The lowest BCUT2D eigenvalue weighted by Gasteiger charge is -2.12. The Kier molecular flexibility index (Phi) is 6.02. The number of methoxy groups -OCH3 is 2. The molecule has 0 atom stereocenters. The number of halogens is 1. The monoisotopic (exact) mass is 399 g/mol. The van der Waals surface area contributed by atoms with Gasteiger partial charge in [-0.15, -0.1) is 0 Å². The quantitative estimate of drug-likeness (QED) is 0.491. The van der Waals surface area contributed by atoms with E-state index in [1.54, 1.807) is 12.1 Å². The van der Waals surface area contributed by atoms with Gasteiger partial charge in [0, 0.05) is 10.5 Å². The highest BCUT2D eigenvalue weighted by molar-refractivity contribution is 9.10. The summed E-state index contributed by atoms with van der Waals surface area (Å²) in [5.74, 6) is -1.13. The first kappa shape index (κ1) is 18.1. The van der Waals surface area contributed by atoms with Crippen LogP contribution in [0.2, 0.25) is 0 Å². The SMILES string of the molecule is COc1cc(Br)c(CC(=O)NNC(=O)C(=O)NC2CC2)cc1OC. The van der Waals surface area contributed by atoms with E-state index in [1.807, 2.05) is 0 Å². The largest absolute Gasteiger partial charge is 0.493 e. The number of carbonyl (C=O) groups is 3. The summed E-state index contributed by atoms with van der Waals surface area (Å²) >= 11 is 3.35. The molecule has 0 aliphatic heterocycles. The van der Waals surface area contributed by atoms with Gasteiger partial charge in [-0.1, -0.05) is 15.9 Å². The van der Waals surface area contributed by atoms with Crippen molar-refractivity contribution in [3.05, 3.63) is 22.2 Å². The summed E-state index contributed by atoms with van der Waals surface area (Å²) in [6, 6.07) is 3.41. The van der Waals surface area contributed by atoms with Crippen LogP contribution in [-0.2, 0) is 20.8 Å². The lowest BCUT2D eigenvalue weighted by atomic mass is 10.1. The molecule has 1 aromatic carbocycles. The Labute approximate surface area is 147 Å². The Hall–Kier alpha value is -2.29. The predicted molar refractivity (Wildman–Crippen MR) is 88.4 cm³/mol. The zero-order valence-electron chi connectivity index (χ0n) is 13.3. The second-order valence-electron chi connectivity index (χ2n) is 5.23. The molecule has 1 aromatic rings. The standard InChI is InChI=1S/C15H18BrN3O5/c1-23-11-5-8(10(16)7-12(11)24-2)6-13(20)18-19-15(22)14(21)17-9-3-4-9/h5,7,9H,3-4,6H2,1-2H3,(H,17,21)(H,18,20)(H,19,22). The molecular formula is C15H18BrN3O5. The van der Waals surface area contributed by atoms with Crippen LogP contribution in [0.1, 0.15) is 18.4 Å². The third-order valence-electron chi connectivity index (χ3n) is 3.34.